The van der Waals surface area contributed by atoms with Gasteiger partial charge in [0.2, 0.25) is 0 Å². The van der Waals surface area contributed by atoms with Gasteiger partial charge >= 0.3 is 5.97 Å². The van der Waals surface area contributed by atoms with E-state index in [1.807, 2.05) is 38.1 Å². The van der Waals surface area contributed by atoms with Gasteiger partial charge in [-0.1, -0.05) is 12.1 Å². The second-order valence-electron chi connectivity index (χ2n) is 7.17. The number of benzene rings is 2. The Kier molecular flexibility index (Phi) is 6.16. The molecule has 6 heteroatoms. The van der Waals surface area contributed by atoms with Crippen LogP contribution in [0.1, 0.15) is 46.0 Å². The zero-order chi connectivity index (χ0) is 21.8. The minimum absolute atomic E-state index is 0.0979. The van der Waals surface area contributed by atoms with Crippen LogP contribution in [0, 0.1) is 13.8 Å². The number of nitrogens with one attached hydrogen (secondary N) is 1. The Morgan fingerprint density at radius 1 is 0.900 bits per heavy atom. The summed E-state index contributed by atoms with van der Waals surface area (Å²) in [6.07, 6.45) is -0.993. The molecule has 0 radical (unpaired) electrons. The minimum Gasteiger partial charge on any atom is -0.449 e. The molecule has 1 amide bonds. The number of esters is 1. The molecule has 1 N–H and O–H groups in total. The lowest BCUT2D eigenvalue weighted by molar-refractivity contribution is -0.123. The molecule has 0 fully saturated rings. The van der Waals surface area contributed by atoms with Gasteiger partial charge in [-0.2, -0.15) is 0 Å². The second-order valence-corrected chi connectivity index (χ2v) is 7.17. The van der Waals surface area contributed by atoms with E-state index in [1.54, 1.807) is 36.4 Å². The zero-order valence-corrected chi connectivity index (χ0v) is 17.4. The Hall–Kier alpha value is -3.67. The molecular weight excluding hydrogens is 380 g/mol. The Bertz CT molecular complexity index is 1080. The molecule has 154 valence electrons. The van der Waals surface area contributed by atoms with Gasteiger partial charge in [0.15, 0.2) is 11.9 Å². The Balaban J connectivity index is 1.64. The molecule has 0 aliphatic carbocycles. The predicted octanol–water partition coefficient (Wildman–Crippen LogP) is 4.48. The summed E-state index contributed by atoms with van der Waals surface area (Å²) in [5, 5.41) is 2.66. The molecule has 3 aromatic rings. The van der Waals surface area contributed by atoms with E-state index in [1.165, 1.54) is 13.8 Å². The van der Waals surface area contributed by atoms with E-state index >= 15 is 0 Å². The van der Waals surface area contributed by atoms with Crippen molar-refractivity contribution in [3.05, 3.63) is 83.2 Å². The summed E-state index contributed by atoms with van der Waals surface area (Å²) in [5.74, 6) is -1.15. The molecule has 6 nitrogen and oxygen atoms in total. The average Bonchev–Trinajstić information content (AvgIpc) is 3.06. The van der Waals surface area contributed by atoms with Crippen LogP contribution in [0.5, 0.6) is 0 Å². The number of Topliss-reactive ketones (excluding diaryl/α,β-unsaturated/α-hetero) is 1. The lowest BCUT2D eigenvalue weighted by atomic mass is 10.1. The SMILES string of the molecule is CC(=O)c1cccc(NC(=O)C(C)OC(=O)c2ccc(-n3c(C)ccc3C)cc2)c1. The van der Waals surface area contributed by atoms with Crippen LogP contribution in [0.3, 0.4) is 0 Å². The molecule has 1 heterocycles. The molecule has 30 heavy (non-hydrogen) atoms. The molecule has 0 saturated carbocycles. The Morgan fingerprint density at radius 3 is 2.13 bits per heavy atom. The number of nitrogens with zero attached hydrogens (tertiary/aromatic N) is 1. The van der Waals surface area contributed by atoms with Crippen molar-refractivity contribution in [1.82, 2.24) is 4.57 Å². The fourth-order valence-electron chi connectivity index (χ4n) is 3.16. The van der Waals surface area contributed by atoms with Crippen molar-refractivity contribution in [3.8, 4) is 5.69 Å². The van der Waals surface area contributed by atoms with Gasteiger partial charge in [-0.25, -0.2) is 4.79 Å². The monoisotopic (exact) mass is 404 g/mol. The first-order chi connectivity index (χ1) is 14.3. The maximum atomic E-state index is 12.4. The number of hydrogen-bond acceptors (Lipinski definition) is 4. The van der Waals surface area contributed by atoms with Crippen molar-refractivity contribution in [3.63, 3.8) is 0 Å². The summed E-state index contributed by atoms with van der Waals surface area (Å²) in [7, 11) is 0. The molecule has 0 bridgehead atoms. The van der Waals surface area contributed by atoms with Crippen molar-refractivity contribution in [1.29, 1.82) is 0 Å². The Labute approximate surface area is 175 Å². The van der Waals surface area contributed by atoms with Crippen LogP contribution in [-0.4, -0.2) is 28.3 Å². The molecule has 1 atom stereocenters. The summed E-state index contributed by atoms with van der Waals surface area (Å²) in [6, 6.07) is 17.7. The highest BCUT2D eigenvalue weighted by atomic mass is 16.5. The van der Waals surface area contributed by atoms with E-state index in [4.69, 9.17) is 4.74 Å². The van der Waals surface area contributed by atoms with Crippen LogP contribution in [-0.2, 0) is 9.53 Å². The third kappa shape index (κ3) is 4.66. The van der Waals surface area contributed by atoms with Gasteiger partial charge < -0.3 is 14.6 Å². The van der Waals surface area contributed by atoms with Crippen molar-refractivity contribution in [2.45, 2.75) is 33.8 Å². The molecule has 2 aromatic carbocycles. The van der Waals surface area contributed by atoms with Crippen molar-refractivity contribution in [2.75, 3.05) is 5.32 Å². The lowest BCUT2D eigenvalue weighted by Gasteiger charge is -2.14. The number of aromatic nitrogens is 1. The zero-order valence-electron chi connectivity index (χ0n) is 17.4. The molecular formula is C24H24N2O4. The van der Waals surface area contributed by atoms with Crippen molar-refractivity contribution in [2.24, 2.45) is 0 Å². The number of carbonyl (C=O) groups is 3. The Morgan fingerprint density at radius 2 is 1.53 bits per heavy atom. The van der Waals surface area contributed by atoms with Gasteiger partial charge in [0.1, 0.15) is 0 Å². The summed E-state index contributed by atoms with van der Waals surface area (Å²) < 4.78 is 7.39. The predicted molar refractivity (Wildman–Crippen MR) is 115 cm³/mol. The number of ether oxygens (including phenoxy) is 1. The quantitative estimate of drug-likeness (QED) is 0.485. The molecule has 1 unspecified atom stereocenters. The summed E-state index contributed by atoms with van der Waals surface area (Å²) in [6.45, 7) is 6.99. The minimum atomic E-state index is -0.993. The maximum Gasteiger partial charge on any atom is 0.338 e. The number of amides is 1. The van der Waals surface area contributed by atoms with E-state index < -0.39 is 18.0 Å². The van der Waals surface area contributed by atoms with E-state index in [0.29, 0.717) is 16.8 Å². The fraction of sp³-hybridized carbons (Fsp3) is 0.208. The van der Waals surface area contributed by atoms with E-state index in [2.05, 4.69) is 9.88 Å². The van der Waals surface area contributed by atoms with Gasteiger partial charge in [0, 0.05) is 28.3 Å². The lowest BCUT2D eigenvalue weighted by Crippen LogP contribution is -2.30. The first-order valence-electron chi connectivity index (χ1n) is 9.64. The highest BCUT2D eigenvalue weighted by Gasteiger charge is 2.19. The van der Waals surface area contributed by atoms with E-state index in [-0.39, 0.29) is 5.78 Å². The van der Waals surface area contributed by atoms with Crippen LogP contribution in [0.2, 0.25) is 0 Å². The number of ketones is 1. The smallest absolute Gasteiger partial charge is 0.338 e. The van der Waals surface area contributed by atoms with Crippen molar-refractivity contribution < 1.29 is 19.1 Å². The van der Waals surface area contributed by atoms with Crippen molar-refractivity contribution >= 4 is 23.3 Å². The third-order valence-corrected chi connectivity index (χ3v) is 4.82. The molecule has 1 aromatic heterocycles. The van der Waals surface area contributed by atoms with Gasteiger partial charge in [-0.3, -0.25) is 9.59 Å². The summed E-state index contributed by atoms with van der Waals surface area (Å²) in [4.78, 5) is 36.3. The molecule has 0 aliphatic rings. The van der Waals surface area contributed by atoms with Crippen LogP contribution in [0.15, 0.2) is 60.7 Å². The van der Waals surface area contributed by atoms with Crippen LogP contribution < -0.4 is 5.32 Å². The summed E-state index contributed by atoms with van der Waals surface area (Å²) >= 11 is 0. The highest BCUT2D eigenvalue weighted by Crippen LogP contribution is 2.18. The highest BCUT2D eigenvalue weighted by molar-refractivity contribution is 5.99. The van der Waals surface area contributed by atoms with Gasteiger partial charge in [0.05, 0.1) is 5.56 Å². The second kappa shape index (κ2) is 8.78. The van der Waals surface area contributed by atoms with E-state index in [9.17, 15) is 14.4 Å². The first kappa shape index (κ1) is 21.0. The molecule has 0 aliphatic heterocycles. The number of rotatable bonds is 6. The van der Waals surface area contributed by atoms with Crippen LogP contribution in [0.25, 0.3) is 5.69 Å². The van der Waals surface area contributed by atoms with Crippen LogP contribution in [0.4, 0.5) is 5.69 Å². The van der Waals surface area contributed by atoms with Crippen LogP contribution >= 0.6 is 0 Å². The van der Waals surface area contributed by atoms with Gasteiger partial charge in [-0.15, -0.1) is 0 Å². The van der Waals surface area contributed by atoms with Gasteiger partial charge in [0.25, 0.3) is 5.91 Å². The summed E-state index contributed by atoms with van der Waals surface area (Å²) in [5.41, 5.74) is 4.47. The van der Waals surface area contributed by atoms with Gasteiger partial charge in [-0.05, 0) is 76.2 Å². The normalized spacial score (nSPS) is 11.6. The first-order valence-corrected chi connectivity index (χ1v) is 9.64. The average molecular weight is 404 g/mol. The number of anilines is 1. The number of aryl methyl sites for hydroxylation is 2. The largest absolute Gasteiger partial charge is 0.449 e. The van der Waals surface area contributed by atoms with E-state index in [0.717, 1.165) is 17.1 Å². The topological polar surface area (TPSA) is 77.4 Å². The fourth-order valence-corrected chi connectivity index (χ4v) is 3.16. The third-order valence-electron chi connectivity index (χ3n) is 4.82. The molecule has 0 spiro atoms. The maximum absolute atomic E-state index is 12.4. The molecule has 3 rings (SSSR count). The standard InChI is InChI=1S/C24H24N2O4/c1-15-8-9-16(2)26(15)22-12-10-19(11-13-22)24(29)30-18(4)23(28)25-21-7-5-6-20(14-21)17(3)27/h5-14,18H,1-4H3,(H,25,28). The molecule has 0 saturated heterocycles. The number of hydrogen-bond donors (Lipinski definition) is 1. The number of carbonyl (C=O) groups excluding carboxylic acids is 3.